The molecule has 0 saturated heterocycles. The summed E-state index contributed by atoms with van der Waals surface area (Å²) in [5.41, 5.74) is 1.03. The maximum absolute atomic E-state index is 11.5. The fraction of sp³-hybridized carbons (Fsp3) is 0.286. The number of amides is 1. The van der Waals surface area contributed by atoms with Crippen LogP contribution in [0.4, 0.5) is 0 Å². The number of hydrogen-bond donors (Lipinski definition) is 2. The maximum Gasteiger partial charge on any atom is 0.258 e. The molecule has 0 aromatic heterocycles. The molecule has 1 unspecified atom stereocenters. The Kier molecular flexibility index (Phi) is 3.46. The van der Waals surface area contributed by atoms with Gasteiger partial charge in [-0.2, -0.15) is 0 Å². The van der Waals surface area contributed by atoms with Crippen molar-refractivity contribution in [2.24, 2.45) is 0 Å². The van der Waals surface area contributed by atoms with Crippen LogP contribution >= 0.6 is 0 Å². The summed E-state index contributed by atoms with van der Waals surface area (Å²) in [7, 11) is 0. The van der Waals surface area contributed by atoms with Gasteiger partial charge in [0.05, 0.1) is 6.04 Å². The Bertz CT molecular complexity index is 505. The molecular formula is C14H15NO3. The minimum absolute atomic E-state index is 0.104. The molecule has 2 N–H and O–H groups in total. The molecule has 0 radical (unpaired) electrons. The second kappa shape index (κ2) is 5.04. The van der Waals surface area contributed by atoms with Gasteiger partial charge in [0.2, 0.25) is 0 Å². The fourth-order valence-corrected chi connectivity index (χ4v) is 2.09. The Morgan fingerprint density at radius 1 is 1.33 bits per heavy atom. The monoisotopic (exact) mass is 245 g/mol. The van der Waals surface area contributed by atoms with Crippen molar-refractivity contribution < 1.29 is 14.7 Å². The zero-order chi connectivity index (χ0) is 13.1. The van der Waals surface area contributed by atoms with Crippen molar-refractivity contribution >= 4 is 11.7 Å². The predicted octanol–water partition coefficient (Wildman–Crippen LogP) is 1.52. The van der Waals surface area contributed by atoms with E-state index in [9.17, 15) is 14.7 Å². The first kappa shape index (κ1) is 12.4. The standard InChI is InChI=1S/C14H15NO3/c1-9(16)12-13(17)11(15-14(12)18)8-7-10-5-3-2-4-6-10/h2-6,11,17H,7-8H2,1H3,(H,15,18). The highest BCUT2D eigenvalue weighted by molar-refractivity contribution is 6.20. The number of ketones is 1. The number of carbonyl (C=O) groups excluding carboxylic acids is 2. The van der Waals surface area contributed by atoms with Crippen molar-refractivity contribution in [3.05, 3.63) is 47.2 Å². The molecular weight excluding hydrogens is 230 g/mol. The smallest absolute Gasteiger partial charge is 0.258 e. The molecule has 0 saturated carbocycles. The molecule has 4 heteroatoms. The van der Waals surface area contributed by atoms with Crippen molar-refractivity contribution in [1.29, 1.82) is 0 Å². The van der Waals surface area contributed by atoms with Gasteiger partial charge >= 0.3 is 0 Å². The van der Waals surface area contributed by atoms with Crippen LogP contribution in [0, 0.1) is 0 Å². The molecule has 2 rings (SSSR count). The summed E-state index contributed by atoms with van der Waals surface area (Å²) in [5, 5.41) is 12.5. The molecule has 18 heavy (non-hydrogen) atoms. The summed E-state index contributed by atoms with van der Waals surface area (Å²) in [5.74, 6) is -0.992. The van der Waals surface area contributed by atoms with Crippen LogP contribution in [0.25, 0.3) is 0 Å². The van der Waals surface area contributed by atoms with Crippen LogP contribution in [0.3, 0.4) is 0 Å². The van der Waals surface area contributed by atoms with Gasteiger partial charge in [-0.05, 0) is 25.3 Å². The molecule has 1 atom stereocenters. The summed E-state index contributed by atoms with van der Waals surface area (Å²) in [6, 6.07) is 9.36. The first-order valence-electron chi connectivity index (χ1n) is 5.88. The molecule has 1 heterocycles. The molecule has 0 spiro atoms. The number of hydrogen-bond acceptors (Lipinski definition) is 3. The van der Waals surface area contributed by atoms with Crippen molar-refractivity contribution in [2.75, 3.05) is 0 Å². The van der Waals surface area contributed by atoms with E-state index in [0.29, 0.717) is 6.42 Å². The molecule has 1 aliphatic heterocycles. The number of aliphatic hydroxyl groups is 1. The van der Waals surface area contributed by atoms with E-state index >= 15 is 0 Å². The van der Waals surface area contributed by atoms with Gasteiger partial charge in [-0.15, -0.1) is 0 Å². The van der Waals surface area contributed by atoms with E-state index in [2.05, 4.69) is 5.32 Å². The third kappa shape index (κ3) is 2.42. The summed E-state index contributed by atoms with van der Waals surface area (Å²) >= 11 is 0. The van der Waals surface area contributed by atoms with Crippen LogP contribution in [-0.4, -0.2) is 22.8 Å². The second-order valence-electron chi connectivity index (χ2n) is 4.37. The first-order chi connectivity index (χ1) is 8.59. The van der Waals surface area contributed by atoms with Gasteiger partial charge in [-0.25, -0.2) is 0 Å². The molecule has 1 aromatic rings. The van der Waals surface area contributed by atoms with E-state index in [1.54, 1.807) is 0 Å². The van der Waals surface area contributed by atoms with Gasteiger partial charge in [0, 0.05) is 0 Å². The Hall–Kier alpha value is -2.10. The molecule has 1 amide bonds. The van der Waals surface area contributed by atoms with E-state index in [1.807, 2.05) is 30.3 Å². The number of benzene rings is 1. The Labute approximate surface area is 105 Å². The number of aryl methyl sites for hydroxylation is 1. The Morgan fingerprint density at radius 2 is 2.00 bits per heavy atom. The third-order valence-corrected chi connectivity index (χ3v) is 3.04. The van der Waals surface area contributed by atoms with E-state index in [-0.39, 0.29) is 11.3 Å². The van der Waals surface area contributed by atoms with Gasteiger partial charge in [-0.3, -0.25) is 9.59 Å². The van der Waals surface area contributed by atoms with Crippen LogP contribution < -0.4 is 5.32 Å². The van der Waals surface area contributed by atoms with Crippen molar-refractivity contribution in [3.8, 4) is 0 Å². The lowest BCUT2D eigenvalue weighted by Gasteiger charge is -2.10. The molecule has 4 nitrogen and oxygen atoms in total. The van der Waals surface area contributed by atoms with Crippen molar-refractivity contribution in [3.63, 3.8) is 0 Å². The van der Waals surface area contributed by atoms with Gasteiger partial charge in [0.1, 0.15) is 11.3 Å². The SMILES string of the molecule is CC(=O)C1=C(O)C(CCc2ccccc2)NC1=O. The highest BCUT2D eigenvalue weighted by atomic mass is 16.3. The molecule has 0 aliphatic carbocycles. The highest BCUT2D eigenvalue weighted by Crippen LogP contribution is 2.19. The van der Waals surface area contributed by atoms with E-state index < -0.39 is 17.7 Å². The average molecular weight is 245 g/mol. The van der Waals surface area contributed by atoms with Gasteiger partial charge in [0.15, 0.2) is 5.78 Å². The Morgan fingerprint density at radius 3 is 2.56 bits per heavy atom. The van der Waals surface area contributed by atoms with Crippen molar-refractivity contribution in [2.45, 2.75) is 25.8 Å². The largest absolute Gasteiger partial charge is 0.509 e. The minimum atomic E-state index is -0.474. The predicted molar refractivity (Wildman–Crippen MR) is 67.0 cm³/mol. The topological polar surface area (TPSA) is 66.4 Å². The maximum atomic E-state index is 11.5. The molecule has 0 fully saturated rings. The fourth-order valence-electron chi connectivity index (χ4n) is 2.09. The summed E-state index contributed by atoms with van der Waals surface area (Å²) in [6.45, 7) is 1.28. The van der Waals surface area contributed by atoms with Crippen LogP contribution in [0.5, 0.6) is 0 Å². The number of carbonyl (C=O) groups is 2. The average Bonchev–Trinajstić information content (AvgIpc) is 2.63. The summed E-state index contributed by atoms with van der Waals surface area (Å²) < 4.78 is 0. The van der Waals surface area contributed by atoms with E-state index in [0.717, 1.165) is 12.0 Å². The number of aliphatic hydroxyl groups excluding tert-OH is 1. The van der Waals surface area contributed by atoms with Gasteiger partial charge in [-0.1, -0.05) is 30.3 Å². The highest BCUT2D eigenvalue weighted by Gasteiger charge is 2.33. The number of nitrogens with one attached hydrogen (secondary N) is 1. The van der Waals surface area contributed by atoms with Crippen LogP contribution in [-0.2, 0) is 16.0 Å². The Balaban J connectivity index is 2.04. The first-order valence-corrected chi connectivity index (χ1v) is 5.88. The third-order valence-electron chi connectivity index (χ3n) is 3.04. The second-order valence-corrected chi connectivity index (χ2v) is 4.37. The molecule has 1 aromatic carbocycles. The molecule has 94 valence electrons. The van der Waals surface area contributed by atoms with Crippen molar-refractivity contribution in [1.82, 2.24) is 5.32 Å². The zero-order valence-electron chi connectivity index (χ0n) is 10.1. The number of Topliss-reactive ketones (excluding diaryl/α,β-unsaturated/α-hetero) is 1. The van der Waals surface area contributed by atoms with Gasteiger partial charge < -0.3 is 10.4 Å². The number of rotatable bonds is 4. The normalized spacial score (nSPS) is 18.9. The quantitative estimate of drug-likeness (QED) is 0.790. The van der Waals surface area contributed by atoms with E-state index in [4.69, 9.17) is 0 Å². The lowest BCUT2D eigenvalue weighted by Crippen LogP contribution is -2.29. The van der Waals surface area contributed by atoms with Crippen LogP contribution in [0.1, 0.15) is 18.9 Å². The summed E-state index contributed by atoms with van der Waals surface area (Å²) in [4.78, 5) is 22.7. The minimum Gasteiger partial charge on any atom is -0.509 e. The van der Waals surface area contributed by atoms with Crippen LogP contribution in [0.15, 0.2) is 41.7 Å². The lowest BCUT2D eigenvalue weighted by molar-refractivity contribution is -0.121. The lowest BCUT2D eigenvalue weighted by atomic mass is 10.0. The summed E-state index contributed by atoms with van der Waals surface area (Å²) in [6.07, 6.45) is 1.32. The van der Waals surface area contributed by atoms with Crippen LogP contribution in [0.2, 0.25) is 0 Å². The van der Waals surface area contributed by atoms with E-state index in [1.165, 1.54) is 6.92 Å². The van der Waals surface area contributed by atoms with Gasteiger partial charge in [0.25, 0.3) is 5.91 Å². The zero-order valence-corrected chi connectivity index (χ0v) is 10.1. The molecule has 0 bridgehead atoms. The molecule has 1 aliphatic rings.